The monoisotopic (exact) mass is 538 g/mol. The summed E-state index contributed by atoms with van der Waals surface area (Å²) in [7, 11) is 4.63. The van der Waals surface area contributed by atoms with Crippen LogP contribution in [0.2, 0.25) is 0 Å². The Morgan fingerprint density at radius 3 is 2.24 bits per heavy atom. The van der Waals surface area contributed by atoms with Gasteiger partial charge in [-0.25, -0.2) is 4.39 Å². The number of aliphatic hydroxyl groups excluding tert-OH is 1. The van der Waals surface area contributed by atoms with Crippen molar-refractivity contribution in [2.45, 2.75) is 88.9 Å². The molecule has 0 aliphatic carbocycles. The van der Waals surface area contributed by atoms with Gasteiger partial charge in [-0.2, -0.15) is 0 Å². The van der Waals surface area contributed by atoms with Gasteiger partial charge in [0.2, 0.25) is 5.79 Å². The molecule has 38 heavy (non-hydrogen) atoms. The molecule has 2 aliphatic rings. The Morgan fingerprint density at radius 2 is 1.63 bits per heavy atom. The van der Waals surface area contributed by atoms with Crippen LogP contribution in [0.4, 0.5) is 4.39 Å². The maximum Gasteiger partial charge on any atom is 0.314 e. The minimum absolute atomic E-state index is 0.201. The molecular weight excluding hydrogens is 495 g/mol. The Labute approximate surface area is 225 Å². The normalized spacial score (nSPS) is 40.3. The SMILES string of the molecule is CO[C@H]1CCCC[C@@H](c2ccc(F)cc2)OC(=O)[C@@H](C)[C@@]2(O)O[C@H]([C@@H](C)[C@H](O)[C@H]2OC)[C@@H](C)/C=C/[C@H]1OC. The first-order chi connectivity index (χ1) is 18.1. The molecule has 2 heterocycles. The van der Waals surface area contributed by atoms with E-state index in [1.54, 1.807) is 26.4 Å². The lowest BCUT2D eigenvalue weighted by atomic mass is 9.78. The van der Waals surface area contributed by atoms with Crippen LogP contribution in [0.1, 0.15) is 58.1 Å². The van der Waals surface area contributed by atoms with E-state index in [0.29, 0.717) is 18.4 Å². The highest BCUT2D eigenvalue weighted by Crippen LogP contribution is 2.42. The molecule has 0 aromatic heterocycles. The summed E-state index contributed by atoms with van der Waals surface area (Å²) in [6.07, 6.45) is 2.47. The van der Waals surface area contributed by atoms with Crippen LogP contribution in [0.15, 0.2) is 36.4 Å². The maximum atomic E-state index is 13.6. The van der Waals surface area contributed by atoms with Crippen LogP contribution in [0, 0.1) is 23.6 Å². The van der Waals surface area contributed by atoms with Crippen molar-refractivity contribution in [3.05, 3.63) is 47.8 Å². The Hall–Kier alpha value is -1.88. The van der Waals surface area contributed by atoms with Gasteiger partial charge in [-0.05, 0) is 43.9 Å². The van der Waals surface area contributed by atoms with E-state index in [1.807, 2.05) is 26.0 Å². The molecule has 9 heteroatoms. The molecule has 0 unspecified atom stereocenters. The number of benzene rings is 1. The molecule has 2 N–H and O–H groups in total. The predicted molar refractivity (Wildman–Crippen MR) is 139 cm³/mol. The van der Waals surface area contributed by atoms with Crippen molar-refractivity contribution < 1.29 is 43.1 Å². The average Bonchev–Trinajstić information content (AvgIpc) is 2.90. The average molecular weight is 539 g/mol. The zero-order valence-corrected chi connectivity index (χ0v) is 23.2. The van der Waals surface area contributed by atoms with Gasteiger partial charge in [-0.15, -0.1) is 0 Å². The van der Waals surface area contributed by atoms with Crippen molar-refractivity contribution in [2.24, 2.45) is 17.8 Å². The molecule has 1 saturated heterocycles. The van der Waals surface area contributed by atoms with Gasteiger partial charge in [-0.3, -0.25) is 4.79 Å². The van der Waals surface area contributed by atoms with Gasteiger partial charge in [-0.1, -0.05) is 44.6 Å². The van der Waals surface area contributed by atoms with Crippen molar-refractivity contribution >= 4 is 5.97 Å². The van der Waals surface area contributed by atoms with Crippen molar-refractivity contribution in [1.82, 2.24) is 0 Å². The number of fused-ring (bicyclic) bond motifs is 2. The van der Waals surface area contributed by atoms with E-state index in [2.05, 4.69) is 0 Å². The van der Waals surface area contributed by atoms with Crippen LogP contribution in [-0.4, -0.2) is 73.8 Å². The van der Waals surface area contributed by atoms with Crippen LogP contribution in [-0.2, 0) is 28.5 Å². The third-order valence-corrected chi connectivity index (χ3v) is 8.10. The largest absolute Gasteiger partial charge is 0.457 e. The fourth-order valence-electron chi connectivity index (χ4n) is 5.57. The predicted octanol–water partition coefficient (Wildman–Crippen LogP) is 3.94. The molecule has 0 radical (unpaired) electrons. The molecule has 214 valence electrons. The van der Waals surface area contributed by atoms with Crippen LogP contribution in [0.5, 0.6) is 0 Å². The summed E-state index contributed by atoms with van der Waals surface area (Å²) in [6, 6.07) is 5.83. The molecule has 1 aromatic carbocycles. The molecule has 8 nitrogen and oxygen atoms in total. The van der Waals surface area contributed by atoms with Crippen molar-refractivity contribution in [3.63, 3.8) is 0 Å². The summed E-state index contributed by atoms with van der Waals surface area (Å²) in [4.78, 5) is 13.5. The van der Waals surface area contributed by atoms with Gasteiger partial charge in [0, 0.05) is 33.2 Å². The molecule has 3 rings (SSSR count). The smallest absolute Gasteiger partial charge is 0.314 e. The summed E-state index contributed by atoms with van der Waals surface area (Å²) < 4.78 is 42.7. The van der Waals surface area contributed by atoms with E-state index in [4.69, 9.17) is 23.7 Å². The summed E-state index contributed by atoms with van der Waals surface area (Å²) in [5.74, 6) is -5.08. The van der Waals surface area contributed by atoms with Crippen molar-refractivity contribution in [3.8, 4) is 0 Å². The van der Waals surface area contributed by atoms with E-state index < -0.39 is 48.0 Å². The highest BCUT2D eigenvalue weighted by Gasteiger charge is 2.58. The van der Waals surface area contributed by atoms with E-state index in [9.17, 15) is 19.4 Å². The Balaban J connectivity index is 2.01. The molecule has 1 fully saturated rings. The molecule has 0 amide bonds. The van der Waals surface area contributed by atoms with Crippen molar-refractivity contribution in [2.75, 3.05) is 21.3 Å². The summed E-state index contributed by atoms with van der Waals surface area (Å²) >= 11 is 0. The Kier molecular flexibility index (Phi) is 10.9. The number of hydrogen-bond donors (Lipinski definition) is 2. The molecule has 10 atom stereocenters. The standard InChI is InChI=1S/C29H43FO8/c1-17-11-16-24(35-5)23(34-4)10-8-7-9-22(20-12-14-21(30)15-13-20)37-28(32)19(3)29(33)27(36-6)25(31)18(2)26(17)38-29/h11-19,22-27,31,33H,7-10H2,1-6H3/b16-11+/t17-,18-,19+,22-,23-,24+,25-,26-,27+,29+/m0/s1. The Bertz CT molecular complexity index is 924. The third-order valence-electron chi connectivity index (χ3n) is 8.10. The second-order valence-corrected chi connectivity index (χ2v) is 10.5. The first-order valence-corrected chi connectivity index (χ1v) is 13.4. The number of hydrogen-bond acceptors (Lipinski definition) is 8. The van der Waals surface area contributed by atoms with Crippen molar-refractivity contribution in [1.29, 1.82) is 0 Å². The quantitative estimate of drug-likeness (QED) is 0.439. The van der Waals surface area contributed by atoms with E-state index in [1.165, 1.54) is 26.2 Å². The van der Waals surface area contributed by atoms with Gasteiger partial charge in [0.25, 0.3) is 0 Å². The molecule has 2 bridgehead atoms. The van der Waals surface area contributed by atoms with Crippen LogP contribution < -0.4 is 0 Å². The number of carbonyl (C=O) groups excluding carboxylic acids is 1. The Morgan fingerprint density at radius 1 is 0.974 bits per heavy atom. The minimum atomic E-state index is -2.15. The lowest BCUT2D eigenvalue weighted by molar-refractivity contribution is -0.360. The maximum absolute atomic E-state index is 13.6. The first-order valence-electron chi connectivity index (χ1n) is 13.4. The van der Waals surface area contributed by atoms with Gasteiger partial charge in [0.15, 0.2) is 0 Å². The first kappa shape index (κ1) is 30.7. The highest BCUT2D eigenvalue weighted by molar-refractivity contribution is 5.73. The molecule has 0 spiro atoms. The third kappa shape index (κ3) is 6.63. The zero-order valence-electron chi connectivity index (χ0n) is 23.2. The fraction of sp³-hybridized carbons (Fsp3) is 0.690. The second-order valence-electron chi connectivity index (χ2n) is 10.5. The number of aliphatic hydroxyl groups is 2. The summed E-state index contributed by atoms with van der Waals surface area (Å²) in [5, 5.41) is 22.9. The number of methoxy groups -OCH3 is 3. The number of ether oxygens (including phenoxy) is 5. The lowest BCUT2D eigenvalue weighted by Gasteiger charge is -2.51. The fourth-order valence-corrected chi connectivity index (χ4v) is 5.57. The van der Waals surface area contributed by atoms with Gasteiger partial charge >= 0.3 is 5.97 Å². The molecular formula is C29H43FO8. The number of esters is 1. The number of halogens is 1. The van der Waals surface area contributed by atoms with Gasteiger partial charge < -0.3 is 33.9 Å². The molecule has 0 saturated carbocycles. The summed E-state index contributed by atoms with van der Waals surface area (Å²) in [6.45, 7) is 5.25. The molecule has 1 aromatic rings. The van der Waals surface area contributed by atoms with Crippen LogP contribution >= 0.6 is 0 Å². The number of rotatable bonds is 4. The second kappa shape index (κ2) is 13.5. The topological polar surface area (TPSA) is 104 Å². The lowest BCUT2D eigenvalue weighted by Crippen LogP contribution is -2.66. The van der Waals surface area contributed by atoms with E-state index in [0.717, 1.165) is 12.8 Å². The van der Waals surface area contributed by atoms with Gasteiger partial charge in [0.05, 0.1) is 18.3 Å². The molecule has 2 aliphatic heterocycles. The highest BCUT2D eigenvalue weighted by atomic mass is 19.1. The van der Waals surface area contributed by atoms with E-state index in [-0.39, 0.29) is 23.9 Å². The van der Waals surface area contributed by atoms with Gasteiger partial charge in [0.1, 0.15) is 30.0 Å². The zero-order chi connectivity index (χ0) is 28.0. The number of carbonyl (C=O) groups is 1. The van der Waals surface area contributed by atoms with Crippen LogP contribution in [0.3, 0.4) is 0 Å². The number of cyclic esters (lactones) is 1. The van der Waals surface area contributed by atoms with Crippen LogP contribution in [0.25, 0.3) is 0 Å². The summed E-state index contributed by atoms with van der Waals surface area (Å²) in [5.41, 5.74) is 0.647. The van der Waals surface area contributed by atoms with E-state index >= 15 is 0 Å². The minimum Gasteiger partial charge on any atom is -0.457 e.